The van der Waals surface area contributed by atoms with E-state index in [9.17, 15) is 0 Å². The number of hydrogen-bond acceptors (Lipinski definition) is 6. The van der Waals surface area contributed by atoms with Crippen LogP contribution in [0.1, 0.15) is 0 Å². The Hall–Kier alpha value is -1.23. The summed E-state index contributed by atoms with van der Waals surface area (Å²) in [5.41, 5.74) is 0. The van der Waals surface area contributed by atoms with Crippen molar-refractivity contribution in [2.45, 2.75) is 0 Å². The molecule has 0 bridgehead atoms. The summed E-state index contributed by atoms with van der Waals surface area (Å²) in [6.07, 6.45) is 0. The molecule has 0 heterocycles. The SMILES string of the molecule is O.O.O.O=[N+]([O-])[O-].O=[N+]([O-])[O-].[Ni+2]. The molecular formula is H6N2NiO9. The molecule has 12 heteroatoms. The summed E-state index contributed by atoms with van der Waals surface area (Å²) < 4.78 is 0. The van der Waals surface area contributed by atoms with E-state index in [-0.39, 0.29) is 32.9 Å². The first-order valence-corrected chi connectivity index (χ1v) is 1.10. The third kappa shape index (κ3) is 352. The average Bonchev–Trinajstić information content (AvgIpc) is 1.25. The Morgan fingerprint density at radius 3 is 0.667 bits per heavy atom. The van der Waals surface area contributed by atoms with E-state index in [0.29, 0.717) is 0 Å². The first-order valence-electron chi connectivity index (χ1n) is 1.10. The molecule has 0 saturated heterocycles. The van der Waals surface area contributed by atoms with E-state index in [0.717, 1.165) is 0 Å². The third-order valence-electron chi connectivity index (χ3n) is 0. The van der Waals surface area contributed by atoms with Gasteiger partial charge in [0.25, 0.3) is 0 Å². The van der Waals surface area contributed by atoms with Crippen molar-refractivity contribution in [3.05, 3.63) is 30.6 Å². The van der Waals surface area contributed by atoms with Gasteiger partial charge in [0, 0.05) is 0 Å². The van der Waals surface area contributed by atoms with Crippen LogP contribution in [0.25, 0.3) is 0 Å². The molecule has 0 aliphatic heterocycles. The zero-order valence-corrected chi connectivity index (χ0v) is 6.15. The van der Waals surface area contributed by atoms with Crippen LogP contribution in [0, 0.1) is 30.6 Å². The van der Waals surface area contributed by atoms with E-state index < -0.39 is 10.2 Å². The second-order valence-corrected chi connectivity index (χ2v) is 0.447. The van der Waals surface area contributed by atoms with E-state index in [1.54, 1.807) is 0 Å². The van der Waals surface area contributed by atoms with Crippen molar-refractivity contribution in [1.29, 1.82) is 0 Å². The summed E-state index contributed by atoms with van der Waals surface area (Å²) in [4.78, 5) is 16.5. The molecule has 0 radical (unpaired) electrons. The predicted molar refractivity (Wildman–Crippen MR) is 31.6 cm³/mol. The van der Waals surface area contributed by atoms with Crippen LogP contribution in [-0.4, -0.2) is 26.6 Å². The largest absolute Gasteiger partial charge is 2.00 e. The van der Waals surface area contributed by atoms with Crippen molar-refractivity contribution in [2.24, 2.45) is 0 Å². The predicted octanol–water partition coefficient (Wildman–Crippen LogP) is -2.95. The van der Waals surface area contributed by atoms with Crippen molar-refractivity contribution >= 4 is 0 Å². The van der Waals surface area contributed by atoms with Crippen LogP contribution >= 0.6 is 0 Å². The minimum absolute atomic E-state index is 0. The Morgan fingerprint density at radius 1 is 0.667 bits per heavy atom. The molecule has 0 aromatic heterocycles. The van der Waals surface area contributed by atoms with Gasteiger partial charge in [0.1, 0.15) is 0 Å². The summed E-state index contributed by atoms with van der Waals surface area (Å²) in [7, 11) is 0. The molecule has 0 aromatic carbocycles. The molecule has 0 aromatic rings. The Balaban J connectivity index is -0.0000000112. The minimum atomic E-state index is -1.75. The maximum absolute atomic E-state index is 8.25. The molecule has 0 unspecified atom stereocenters. The van der Waals surface area contributed by atoms with Gasteiger partial charge in [0.15, 0.2) is 0 Å². The van der Waals surface area contributed by atoms with Crippen LogP contribution in [0.4, 0.5) is 0 Å². The van der Waals surface area contributed by atoms with Crippen LogP contribution < -0.4 is 0 Å². The second kappa shape index (κ2) is 33.0. The Kier molecular flexibility index (Phi) is 124. The van der Waals surface area contributed by atoms with Gasteiger partial charge < -0.3 is 47.1 Å². The number of nitrogens with zero attached hydrogens (tertiary/aromatic N) is 2. The van der Waals surface area contributed by atoms with Crippen LogP contribution in [0.15, 0.2) is 0 Å². The number of rotatable bonds is 0. The van der Waals surface area contributed by atoms with Gasteiger partial charge in [0.05, 0.1) is 10.2 Å². The van der Waals surface area contributed by atoms with Gasteiger partial charge in [-0.25, -0.2) is 0 Å². The molecule has 0 saturated carbocycles. The van der Waals surface area contributed by atoms with E-state index in [2.05, 4.69) is 0 Å². The summed E-state index contributed by atoms with van der Waals surface area (Å²) >= 11 is 0. The van der Waals surface area contributed by atoms with E-state index >= 15 is 0 Å². The van der Waals surface area contributed by atoms with Crippen molar-refractivity contribution in [3.8, 4) is 0 Å². The zero-order chi connectivity index (χ0) is 7.15. The van der Waals surface area contributed by atoms with Gasteiger partial charge >= 0.3 is 16.5 Å². The molecule has 0 aliphatic rings. The van der Waals surface area contributed by atoms with Gasteiger partial charge in [-0.2, -0.15) is 0 Å². The van der Waals surface area contributed by atoms with Gasteiger partial charge in [-0.15, -0.1) is 0 Å². The Labute approximate surface area is 74.7 Å². The molecule has 0 spiro atoms. The number of hydrogen-bond donors (Lipinski definition) is 0. The molecule has 0 atom stereocenters. The Bertz CT molecular complexity index is 70.5. The molecule has 0 amide bonds. The van der Waals surface area contributed by atoms with Crippen LogP contribution in [-0.2, 0) is 16.5 Å². The molecule has 12 heavy (non-hydrogen) atoms. The average molecular weight is 237 g/mol. The zero-order valence-electron chi connectivity index (χ0n) is 5.16. The van der Waals surface area contributed by atoms with Gasteiger partial charge in [-0.3, -0.25) is 0 Å². The van der Waals surface area contributed by atoms with Crippen LogP contribution in [0.2, 0.25) is 0 Å². The maximum Gasteiger partial charge on any atom is 2.00 e. The first kappa shape index (κ1) is 45.2. The molecular weight excluding hydrogens is 231 g/mol. The van der Waals surface area contributed by atoms with Crippen molar-refractivity contribution in [3.63, 3.8) is 0 Å². The van der Waals surface area contributed by atoms with Crippen LogP contribution in [0.5, 0.6) is 0 Å². The molecule has 0 rings (SSSR count). The fraction of sp³-hybridized carbons (Fsp3) is 0. The quantitative estimate of drug-likeness (QED) is 0.242. The molecule has 0 aliphatic carbocycles. The van der Waals surface area contributed by atoms with Gasteiger partial charge in [-0.1, -0.05) is 0 Å². The van der Waals surface area contributed by atoms with Crippen LogP contribution in [0.3, 0.4) is 0 Å². The van der Waals surface area contributed by atoms with E-state index in [4.69, 9.17) is 30.6 Å². The summed E-state index contributed by atoms with van der Waals surface area (Å²) in [5, 5.41) is 29.5. The summed E-state index contributed by atoms with van der Waals surface area (Å²) in [5.74, 6) is 0. The smallest absolute Gasteiger partial charge is 0.412 e. The normalized spacial score (nSPS) is 4.00. The molecule has 6 N–H and O–H groups in total. The third-order valence-corrected chi connectivity index (χ3v) is 0. The van der Waals surface area contributed by atoms with Crippen molar-refractivity contribution in [2.75, 3.05) is 0 Å². The maximum atomic E-state index is 8.25. The second-order valence-electron chi connectivity index (χ2n) is 0.447. The van der Waals surface area contributed by atoms with Gasteiger partial charge in [-0.05, 0) is 0 Å². The summed E-state index contributed by atoms with van der Waals surface area (Å²) in [6, 6.07) is 0. The monoisotopic (exact) mass is 236 g/mol. The first-order chi connectivity index (χ1) is 3.46. The summed E-state index contributed by atoms with van der Waals surface area (Å²) in [6.45, 7) is 0. The minimum Gasteiger partial charge on any atom is -0.412 e. The van der Waals surface area contributed by atoms with Crippen molar-refractivity contribution in [1.82, 2.24) is 0 Å². The molecule has 80 valence electrons. The van der Waals surface area contributed by atoms with E-state index in [1.165, 1.54) is 0 Å². The Morgan fingerprint density at radius 2 is 0.667 bits per heavy atom. The topological polar surface area (TPSA) is 227 Å². The van der Waals surface area contributed by atoms with E-state index in [1.807, 2.05) is 0 Å². The molecule has 0 fully saturated rings. The standard InChI is InChI=1S/2NO3.Ni.3H2O/c2*2-1(3)4;;;;/h;;;3*1H2/q2*-1;+2;;;. The fourth-order valence-corrected chi connectivity index (χ4v) is 0. The van der Waals surface area contributed by atoms with Gasteiger partial charge in [0.2, 0.25) is 0 Å². The fourth-order valence-electron chi connectivity index (χ4n) is 0. The van der Waals surface area contributed by atoms with Crippen molar-refractivity contribution < 1.29 is 43.1 Å². The molecule has 11 nitrogen and oxygen atoms in total.